The van der Waals surface area contributed by atoms with Gasteiger partial charge in [-0.05, 0) is 30.4 Å². The summed E-state index contributed by atoms with van der Waals surface area (Å²) >= 11 is 0. The number of benzene rings is 1. The van der Waals surface area contributed by atoms with Crippen LogP contribution in [0.1, 0.15) is 44.2 Å². The molecule has 1 rings (SSSR count). The zero-order valence-electron chi connectivity index (χ0n) is 9.46. The van der Waals surface area contributed by atoms with Crippen LogP contribution in [0, 0.1) is 0 Å². The second kappa shape index (κ2) is 5.16. The van der Waals surface area contributed by atoms with Crippen molar-refractivity contribution in [2.24, 2.45) is 5.73 Å². The lowest BCUT2D eigenvalue weighted by atomic mass is 9.93. The molecule has 1 aromatic carbocycles. The number of rotatable bonds is 4. The minimum Gasteiger partial charge on any atom is -0.327 e. The molecule has 2 N–H and O–H groups in total. The highest BCUT2D eigenvalue weighted by Gasteiger charge is 2.09. The van der Waals surface area contributed by atoms with E-state index < -0.39 is 0 Å². The maximum Gasteiger partial charge on any atom is 0.00766 e. The first-order chi connectivity index (χ1) is 6.65. The molecule has 14 heavy (non-hydrogen) atoms. The van der Waals surface area contributed by atoms with Gasteiger partial charge in [0.2, 0.25) is 0 Å². The normalized spacial score (nSPS) is 15.1. The van der Waals surface area contributed by atoms with Crippen molar-refractivity contribution >= 4 is 0 Å². The highest BCUT2D eigenvalue weighted by molar-refractivity contribution is 5.27. The summed E-state index contributed by atoms with van der Waals surface area (Å²) in [7, 11) is 0. The van der Waals surface area contributed by atoms with Gasteiger partial charge in [0, 0.05) is 6.04 Å². The van der Waals surface area contributed by atoms with Crippen molar-refractivity contribution in [1.82, 2.24) is 0 Å². The summed E-state index contributed by atoms with van der Waals surface area (Å²) in [5.41, 5.74) is 8.69. The fourth-order valence-electron chi connectivity index (χ4n) is 1.62. The van der Waals surface area contributed by atoms with Crippen LogP contribution in [-0.4, -0.2) is 6.04 Å². The third kappa shape index (κ3) is 2.85. The van der Waals surface area contributed by atoms with Crippen LogP contribution in [0.3, 0.4) is 0 Å². The maximum atomic E-state index is 5.89. The molecule has 1 heteroatoms. The number of hydrogen-bond donors (Lipinski definition) is 1. The van der Waals surface area contributed by atoms with E-state index >= 15 is 0 Å². The van der Waals surface area contributed by atoms with Crippen molar-refractivity contribution in [3.8, 4) is 0 Å². The Bertz CT molecular complexity index is 278. The average molecular weight is 191 g/mol. The van der Waals surface area contributed by atoms with Crippen LogP contribution in [-0.2, 0) is 6.42 Å². The third-order valence-corrected chi connectivity index (χ3v) is 2.80. The van der Waals surface area contributed by atoms with Crippen LogP contribution in [0.25, 0.3) is 0 Å². The summed E-state index contributed by atoms with van der Waals surface area (Å²) in [5.74, 6) is 0.451. The molecule has 0 radical (unpaired) electrons. The van der Waals surface area contributed by atoms with Crippen LogP contribution in [0.15, 0.2) is 24.3 Å². The molecule has 0 amide bonds. The molecule has 0 aliphatic rings. The van der Waals surface area contributed by atoms with Crippen molar-refractivity contribution in [1.29, 1.82) is 0 Å². The largest absolute Gasteiger partial charge is 0.327 e. The Balaban J connectivity index is 2.82. The molecule has 78 valence electrons. The van der Waals surface area contributed by atoms with Gasteiger partial charge < -0.3 is 5.73 Å². The molecular formula is C13H21N. The van der Waals surface area contributed by atoms with E-state index in [1.165, 1.54) is 24.0 Å². The van der Waals surface area contributed by atoms with Gasteiger partial charge in [0.1, 0.15) is 0 Å². The van der Waals surface area contributed by atoms with E-state index in [9.17, 15) is 0 Å². The van der Waals surface area contributed by atoms with Crippen LogP contribution in [0.4, 0.5) is 0 Å². The van der Waals surface area contributed by atoms with E-state index in [1.54, 1.807) is 0 Å². The maximum absolute atomic E-state index is 5.89. The van der Waals surface area contributed by atoms with Gasteiger partial charge in [-0.3, -0.25) is 0 Å². The molecule has 0 aromatic heterocycles. The van der Waals surface area contributed by atoms with Gasteiger partial charge in [0.25, 0.3) is 0 Å². The van der Waals surface area contributed by atoms with E-state index in [4.69, 9.17) is 5.73 Å². The van der Waals surface area contributed by atoms with Crippen LogP contribution < -0.4 is 5.73 Å². The Kier molecular flexibility index (Phi) is 4.15. The van der Waals surface area contributed by atoms with E-state index in [2.05, 4.69) is 45.0 Å². The van der Waals surface area contributed by atoms with Crippen LogP contribution in [0.5, 0.6) is 0 Å². The first-order valence-corrected chi connectivity index (χ1v) is 5.49. The molecule has 0 spiro atoms. The van der Waals surface area contributed by atoms with E-state index in [0.717, 1.165) is 0 Å². The van der Waals surface area contributed by atoms with Gasteiger partial charge in [-0.25, -0.2) is 0 Å². The predicted molar refractivity (Wildman–Crippen MR) is 62.5 cm³/mol. The van der Waals surface area contributed by atoms with Crippen LogP contribution in [0.2, 0.25) is 0 Å². The summed E-state index contributed by atoms with van der Waals surface area (Å²) < 4.78 is 0. The summed E-state index contributed by atoms with van der Waals surface area (Å²) in [6.07, 6.45) is 2.37. The molecule has 0 aliphatic carbocycles. The minimum absolute atomic E-state index is 0.229. The fraction of sp³-hybridized carbons (Fsp3) is 0.538. The summed E-state index contributed by atoms with van der Waals surface area (Å²) in [5, 5.41) is 0. The molecule has 0 aliphatic heterocycles. The second-order valence-electron chi connectivity index (χ2n) is 4.14. The Hall–Kier alpha value is -0.820. The van der Waals surface area contributed by atoms with Crippen molar-refractivity contribution in [2.45, 2.75) is 45.6 Å². The molecular weight excluding hydrogens is 170 g/mol. The van der Waals surface area contributed by atoms with Gasteiger partial charge in [-0.15, -0.1) is 0 Å². The van der Waals surface area contributed by atoms with E-state index in [0.29, 0.717) is 5.92 Å². The fourth-order valence-corrected chi connectivity index (χ4v) is 1.62. The molecule has 0 bridgehead atoms. The van der Waals surface area contributed by atoms with E-state index in [-0.39, 0.29) is 6.04 Å². The lowest BCUT2D eigenvalue weighted by Crippen LogP contribution is -2.22. The number of nitrogens with two attached hydrogens (primary N) is 1. The molecule has 1 aromatic rings. The minimum atomic E-state index is 0.229. The lowest BCUT2D eigenvalue weighted by Gasteiger charge is -2.16. The summed E-state index contributed by atoms with van der Waals surface area (Å²) in [6, 6.07) is 9.03. The molecule has 0 fully saturated rings. The van der Waals surface area contributed by atoms with E-state index in [1.807, 2.05) is 0 Å². The SMILES string of the molecule is CCCc1cccc(C(C)C(C)N)c1. The topological polar surface area (TPSA) is 26.0 Å². The first-order valence-electron chi connectivity index (χ1n) is 5.49. The summed E-state index contributed by atoms with van der Waals surface area (Å²) in [6.45, 7) is 6.47. The standard InChI is InChI=1S/C13H21N/c1-4-6-12-7-5-8-13(9-12)10(2)11(3)14/h5,7-11H,4,6,14H2,1-3H3. The Morgan fingerprint density at radius 1 is 1.29 bits per heavy atom. The molecule has 2 atom stereocenters. The number of aryl methyl sites for hydroxylation is 1. The van der Waals surface area contributed by atoms with Crippen LogP contribution >= 0.6 is 0 Å². The van der Waals surface area contributed by atoms with Crippen molar-refractivity contribution in [3.05, 3.63) is 35.4 Å². The highest BCUT2D eigenvalue weighted by atomic mass is 14.6. The van der Waals surface area contributed by atoms with Gasteiger partial charge in [-0.1, -0.05) is 44.5 Å². The molecule has 2 unspecified atom stereocenters. The highest BCUT2D eigenvalue weighted by Crippen LogP contribution is 2.19. The first kappa shape index (κ1) is 11.3. The zero-order valence-corrected chi connectivity index (χ0v) is 9.46. The van der Waals surface area contributed by atoms with Gasteiger partial charge in [0.15, 0.2) is 0 Å². The molecule has 1 nitrogen and oxygen atoms in total. The monoisotopic (exact) mass is 191 g/mol. The lowest BCUT2D eigenvalue weighted by molar-refractivity contribution is 0.612. The smallest absolute Gasteiger partial charge is 0.00766 e. The van der Waals surface area contributed by atoms with Gasteiger partial charge >= 0.3 is 0 Å². The quantitative estimate of drug-likeness (QED) is 0.777. The zero-order chi connectivity index (χ0) is 10.6. The third-order valence-electron chi connectivity index (χ3n) is 2.80. The average Bonchev–Trinajstić information content (AvgIpc) is 2.17. The molecule has 0 heterocycles. The Morgan fingerprint density at radius 3 is 2.57 bits per heavy atom. The van der Waals surface area contributed by atoms with Crippen molar-refractivity contribution in [3.63, 3.8) is 0 Å². The second-order valence-corrected chi connectivity index (χ2v) is 4.14. The summed E-state index contributed by atoms with van der Waals surface area (Å²) in [4.78, 5) is 0. The Labute approximate surface area is 87.3 Å². The van der Waals surface area contributed by atoms with Gasteiger partial charge in [-0.2, -0.15) is 0 Å². The van der Waals surface area contributed by atoms with Gasteiger partial charge in [0.05, 0.1) is 0 Å². The Morgan fingerprint density at radius 2 is 2.00 bits per heavy atom. The van der Waals surface area contributed by atoms with Crippen molar-refractivity contribution < 1.29 is 0 Å². The van der Waals surface area contributed by atoms with Crippen molar-refractivity contribution in [2.75, 3.05) is 0 Å². The number of hydrogen-bond acceptors (Lipinski definition) is 1. The molecule has 0 saturated carbocycles. The molecule has 0 saturated heterocycles. The predicted octanol–water partition coefficient (Wildman–Crippen LogP) is 3.09.